The highest BCUT2D eigenvalue weighted by atomic mass is 16.1. The van der Waals surface area contributed by atoms with Gasteiger partial charge in [0, 0.05) is 53.6 Å². The lowest BCUT2D eigenvalue weighted by Gasteiger charge is -2.16. The summed E-state index contributed by atoms with van der Waals surface area (Å²) in [6.45, 7) is 6.21. The molecule has 0 radical (unpaired) electrons. The second-order valence-electron chi connectivity index (χ2n) is 7.25. The molecule has 0 aliphatic heterocycles. The van der Waals surface area contributed by atoms with Crippen LogP contribution in [0.5, 0.6) is 0 Å². The first-order valence-corrected chi connectivity index (χ1v) is 9.76. The van der Waals surface area contributed by atoms with Crippen LogP contribution in [-0.4, -0.2) is 37.2 Å². The third-order valence-corrected chi connectivity index (χ3v) is 5.05. The standard InChI is InChI=1S/C23H22N6O/c1-14(18-5-4-6-20-19(15(2)30)7-8-24-23(18)20)10-27-22-9-21(28-13-29-22)17-11-25-16(3)26-12-17/h4-9,11-14H,10H2,1-3H3,(H,27,28,29)/t14-/m1/s1. The third-order valence-electron chi connectivity index (χ3n) is 5.05. The number of aromatic nitrogens is 5. The SMILES string of the molecule is CC(=O)c1ccnc2c([C@H](C)CNc3cc(-c4cnc(C)nc4)ncn3)cccc12. The number of benzene rings is 1. The number of carbonyl (C=O) groups excluding carboxylic acids is 1. The van der Waals surface area contributed by atoms with Crippen molar-refractivity contribution in [3.8, 4) is 11.3 Å². The first kappa shape index (κ1) is 19.6. The molecule has 0 fully saturated rings. The number of rotatable bonds is 6. The van der Waals surface area contributed by atoms with Crippen LogP contribution in [0.3, 0.4) is 0 Å². The minimum atomic E-state index is 0.0407. The minimum absolute atomic E-state index is 0.0407. The van der Waals surface area contributed by atoms with E-state index in [0.717, 1.165) is 39.4 Å². The zero-order chi connectivity index (χ0) is 21.1. The zero-order valence-electron chi connectivity index (χ0n) is 17.1. The van der Waals surface area contributed by atoms with Crippen molar-refractivity contribution in [1.29, 1.82) is 0 Å². The molecule has 1 N–H and O–H groups in total. The van der Waals surface area contributed by atoms with E-state index in [1.54, 1.807) is 31.6 Å². The molecule has 30 heavy (non-hydrogen) atoms. The number of pyridine rings is 1. The van der Waals surface area contributed by atoms with Gasteiger partial charge in [-0.2, -0.15) is 0 Å². The summed E-state index contributed by atoms with van der Waals surface area (Å²) in [4.78, 5) is 33.6. The molecule has 7 heteroatoms. The Labute approximate surface area is 174 Å². The van der Waals surface area contributed by atoms with E-state index in [9.17, 15) is 4.79 Å². The van der Waals surface area contributed by atoms with Gasteiger partial charge in [-0.1, -0.05) is 25.1 Å². The normalized spacial score (nSPS) is 12.0. The zero-order valence-corrected chi connectivity index (χ0v) is 17.1. The molecule has 0 aliphatic carbocycles. The molecule has 0 spiro atoms. The number of Topliss-reactive ketones (excluding diaryl/α,β-unsaturated/α-hetero) is 1. The predicted octanol–water partition coefficient (Wildman–Crippen LogP) is 4.21. The maximum absolute atomic E-state index is 12.0. The monoisotopic (exact) mass is 398 g/mol. The van der Waals surface area contributed by atoms with Gasteiger partial charge in [0.15, 0.2) is 5.78 Å². The first-order valence-electron chi connectivity index (χ1n) is 9.76. The smallest absolute Gasteiger partial charge is 0.160 e. The maximum atomic E-state index is 12.0. The predicted molar refractivity (Wildman–Crippen MR) is 116 cm³/mol. The van der Waals surface area contributed by atoms with Gasteiger partial charge in [-0.15, -0.1) is 0 Å². The Hall–Kier alpha value is -3.74. The van der Waals surface area contributed by atoms with Gasteiger partial charge in [-0.25, -0.2) is 19.9 Å². The van der Waals surface area contributed by atoms with Gasteiger partial charge in [-0.3, -0.25) is 9.78 Å². The van der Waals surface area contributed by atoms with Crippen LogP contribution < -0.4 is 5.32 Å². The van der Waals surface area contributed by atoms with Crippen LogP contribution in [0.4, 0.5) is 5.82 Å². The van der Waals surface area contributed by atoms with Crippen molar-refractivity contribution in [3.05, 3.63) is 72.2 Å². The number of nitrogens with zero attached hydrogens (tertiary/aromatic N) is 5. The number of fused-ring (bicyclic) bond motifs is 1. The summed E-state index contributed by atoms with van der Waals surface area (Å²) in [6.07, 6.45) is 6.74. The Bertz CT molecular complexity index is 1210. The molecular formula is C23H22N6O. The Balaban J connectivity index is 1.55. The number of aryl methyl sites for hydroxylation is 1. The van der Waals surface area contributed by atoms with Crippen molar-refractivity contribution in [2.45, 2.75) is 26.7 Å². The summed E-state index contributed by atoms with van der Waals surface area (Å²) in [6, 6.07) is 9.64. The Kier molecular flexibility index (Phi) is 5.43. The van der Waals surface area contributed by atoms with E-state index in [0.29, 0.717) is 12.1 Å². The summed E-state index contributed by atoms with van der Waals surface area (Å²) in [5.74, 6) is 1.64. The van der Waals surface area contributed by atoms with Crippen molar-refractivity contribution in [1.82, 2.24) is 24.9 Å². The fourth-order valence-corrected chi connectivity index (χ4v) is 3.41. The van der Waals surface area contributed by atoms with E-state index < -0.39 is 0 Å². The average Bonchev–Trinajstić information content (AvgIpc) is 2.77. The highest BCUT2D eigenvalue weighted by molar-refractivity contribution is 6.06. The van der Waals surface area contributed by atoms with E-state index in [1.807, 2.05) is 25.1 Å². The lowest BCUT2D eigenvalue weighted by atomic mass is 9.95. The molecule has 1 aromatic carbocycles. The molecule has 3 heterocycles. The van der Waals surface area contributed by atoms with Gasteiger partial charge >= 0.3 is 0 Å². The van der Waals surface area contributed by atoms with Crippen LogP contribution in [0, 0.1) is 6.92 Å². The average molecular weight is 398 g/mol. The molecule has 3 aromatic heterocycles. The minimum Gasteiger partial charge on any atom is -0.369 e. The van der Waals surface area contributed by atoms with Crippen molar-refractivity contribution in [2.75, 3.05) is 11.9 Å². The third kappa shape index (κ3) is 4.00. The first-order chi connectivity index (χ1) is 14.5. The van der Waals surface area contributed by atoms with E-state index >= 15 is 0 Å². The van der Waals surface area contributed by atoms with Crippen molar-refractivity contribution < 1.29 is 4.79 Å². The van der Waals surface area contributed by atoms with Crippen LogP contribution in [0.1, 0.15) is 41.5 Å². The number of anilines is 1. The second-order valence-corrected chi connectivity index (χ2v) is 7.25. The van der Waals surface area contributed by atoms with Crippen molar-refractivity contribution in [3.63, 3.8) is 0 Å². The fourth-order valence-electron chi connectivity index (χ4n) is 3.41. The van der Waals surface area contributed by atoms with E-state index in [4.69, 9.17) is 0 Å². The molecule has 1 atom stereocenters. The van der Waals surface area contributed by atoms with E-state index in [1.165, 1.54) is 6.33 Å². The second kappa shape index (κ2) is 8.32. The number of hydrogen-bond acceptors (Lipinski definition) is 7. The van der Waals surface area contributed by atoms with Crippen LogP contribution in [0.2, 0.25) is 0 Å². The Morgan fingerprint density at radius 3 is 2.63 bits per heavy atom. The van der Waals surface area contributed by atoms with Gasteiger partial charge in [0.05, 0.1) is 11.2 Å². The largest absolute Gasteiger partial charge is 0.369 e. The lowest BCUT2D eigenvalue weighted by Crippen LogP contribution is -2.12. The molecule has 150 valence electrons. The Morgan fingerprint density at radius 1 is 1.07 bits per heavy atom. The molecule has 0 unspecified atom stereocenters. The molecule has 7 nitrogen and oxygen atoms in total. The number of ketones is 1. The topological polar surface area (TPSA) is 93.6 Å². The maximum Gasteiger partial charge on any atom is 0.160 e. The molecule has 0 aliphatic rings. The summed E-state index contributed by atoms with van der Waals surface area (Å²) in [5, 5.41) is 4.27. The van der Waals surface area contributed by atoms with Gasteiger partial charge in [0.1, 0.15) is 18.0 Å². The van der Waals surface area contributed by atoms with Crippen molar-refractivity contribution in [2.24, 2.45) is 0 Å². The van der Waals surface area contributed by atoms with Gasteiger partial charge in [-0.05, 0) is 25.5 Å². The summed E-state index contributed by atoms with van der Waals surface area (Å²) in [7, 11) is 0. The summed E-state index contributed by atoms with van der Waals surface area (Å²) in [5.41, 5.74) is 4.25. The van der Waals surface area contributed by atoms with Crippen LogP contribution >= 0.6 is 0 Å². The summed E-state index contributed by atoms with van der Waals surface area (Å²) >= 11 is 0. The molecular weight excluding hydrogens is 376 g/mol. The molecule has 0 amide bonds. The molecule has 0 saturated carbocycles. The lowest BCUT2D eigenvalue weighted by molar-refractivity contribution is 0.101. The molecule has 4 aromatic rings. The van der Waals surface area contributed by atoms with Crippen LogP contribution in [-0.2, 0) is 0 Å². The Morgan fingerprint density at radius 2 is 1.87 bits per heavy atom. The van der Waals surface area contributed by atoms with Crippen LogP contribution in [0.25, 0.3) is 22.2 Å². The van der Waals surface area contributed by atoms with Gasteiger partial charge < -0.3 is 5.32 Å². The highest BCUT2D eigenvalue weighted by Crippen LogP contribution is 2.27. The molecule has 0 bridgehead atoms. The van der Waals surface area contributed by atoms with E-state index in [-0.39, 0.29) is 11.7 Å². The van der Waals surface area contributed by atoms with E-state index in [2.05, 4.69) is 43.2 Å². The number of nitrogens with one attached hydrogen (secondary N) is 1. The number of para-hydroxylation sites is 1. The molecule has 0 saturated heterocycles. The molecule has 4 rings (SSSR count). The number of hydrogen-bond donors (Lipinski definition) is 1. The number of carbonyl (C=O) groups is 1. The van der Waals surface area contributed by atoms with Gasteiger partial charge in [0.25, 0.3) is 0 Å². The van der Waals surface area contributed by atoms with Crippen LogP contribution in [0.15, 0.2) is 55.2 Å². The quantitative estimate of drug-likeness (QED) is 0.486. The van der Waals surface area contributed by atoms with Crippen molar-refractivity contribution >= 4 is 22.5 Å². The highest BCUT2D eigenvalue weighted by Gasteiger charge is 2.14. The fraction of sp³-hybridized carbons (Fsp3) is 0.217. The summed E-state index contributed by atoms with van der Waals surface area (Å²) < 4.78 is 0. The van der Waals surface area contributed by atoms with Gasteiger partial charge in [0.2, 0.25) is 0 Å².